The predicted molar refractivity (Wildman–Crippen MR) is 60.3 cm³/mol. The van der Waals surface area contributed by atoms with Crippen LogP contribution in [-0.2, 0) is 11.2 Å². The number of aromatic nitrogens is 1. The Morgan fingerprint density at radius 1 is 1.44 bits per heavy atom. The van der Waals surface area contributed by atoms with Crippen LogP contribution in [0.25, 0.3) is 0 Å². The lowest BCUT2D eigenvalue weighted by Gasteiger charge is -2.26. The minimum Gasteiger partial charge on any atom is -0.378 e. The van der Waals surface area contributed by atoms with E-state index in [-0.39, 0.29) is 5.91 Å². The lowest BCUT2D eigenvalue weighted by molar-refractivity contribution is 0.0299. The first-order valence-corrected chi connectivity index (χ1v) is 5.63. The van der Waals surface area contributed by atoms with Crippen LogP contribution in [0.2, 0.25) is 0 Å². The Balaban J connectivity index is 2.07. The molecule has 1 aromatic rings. The number of hydrogen-bond acceptors (Lipinski definition) is 3. The summed E-state index contributed by atoms with van der Waals surface area (Å²) in [7, 11) is 0. The molecule has 1 aliphatic rings. The summed E-state index contributed by atoms with van der Waals surface area (Å²) in [6.07, 6.45) is 2.71. The van der Waals surface area contributed by atoms with Gasteiger partial charge in [0.05, 0.1) is 13.2 Å². The molecule has 1 aromatic heterocycles. The van der Waals surface area contributed by atoms with Gasteiger partial charge in [0.25, 0.3) is 5.91 Å². The van der Waals surface area contributed by atoms with Gasteiger partial charge in [0, 0.05) is 19.3 Å². The van der Waals surface area contributed by atoms with E-state index in [1.807, 2.05) is 6.07 Å². The highest BCUT2D eigenvalue weighted by Crippen LogP contribution is 2.06. The number of carbonyl (C=O) groups is 1. The molecule has 1 aliphatic heterocycles. The molecule has 0 spiro atoms. The Labute approximate surface area is 95.2 Å². The fourth-order valence-corrected chi connectivity index (χ4v) is 1.69. The van der Waals surface area contributed by atoms with E-state index in [4.69, 9.17) is 4.74 Å². The highest BCUT2D eigenvalue weighted by molar-refractivity contribution is 5.92. The SMILES string of the molecule is CCc1ccc(C(=O)N2CCOCC2)nc1. The van der Waals surface area contributed by atoms with Crippen LogP contribution in [0.15, 0.2) is 18.3 Å². The van der Waals surface area contributed by atoms with Crippen molar-refractivity contribution < 1.29 is 9.53 Å². The average molecular weight is 220 g/mol. The van der Waals surface area contributed by atoms with E-state index in [2.05, 4.69) is 11.9 Å². The summed E-state index contributed by atoms with van der Waals surface area (Å²) in [6.45, 7) is 4.64. The molecule has 4 nitrogen and oxygen atoms in total. The van der Waals surface area contributed by atoms with Gasteiger partial charge >= 0.3 is 0 Å². The summed E-state index contributed by atoms with van der Waals surface area (Å²) in [5, 5.41) is 0. The zero-order valence-electron chi connectivity index (χ0n) is 9.48. The molecule has 1 amide bonds. The Morgan fingerprint density at radius 2 is 2.19 bits per heavy atom. The lowest BCUT2D eigenvalue weighted by atomic mass is 10.2. The summed E-state index contributed by atoms with van der Waals surface area (Å²) in [4.78, 5) is 18.0. The lowest BCUT2D eigenvalue weighted by Crippen LogP contribution is -2.41. The monoisotopic (exact) mass is 220 g/mol. The fraction of sp³-hybridized carbons (Fsp3) is 0.500. The van der Waals surface area contributed by atoms with Gasteiger partial charge in [0.1, 0.15) is 5.69 Å². The molecule has 0 saturated carbocycles. The Bertz CT molecular complexity index is 356. The van der Waals surface area contributed by atoms with Crippen LogP contribution in [-0.4, -0.2) is 42.1 Å². The molecule has 4 heteroatoms. The Kier molecular flexibility index (Phi) is 3.51. The number of ether oxygens (including phenoxy) is 1. The third kappa shape index (κ3) is 2.39. The molecule has 86 valence electrons. The van der Waals surface area contributed by atoms with E-state index >= 15 is 0 Å². The van der Waals surface area contributed by atoms with Crippen LogP contribution in [0.4, 0.5) is 0 Å². The number of hydrogen-bond donors (Lipinski definition) is 0. The van der Waals surface area contributed by atoms with Gasteiger partial charge in [0.15, 0.2) is 0 Å². The molecule has 1 fully saturated rings. The van der Waals surface area contributed by atoms with E-state index in [0.29, 0.717) is 32.0 Å². The number of morpholine rings is 1. The van der Waals surface area contributed by atoms with Gasteiger partial charge in [0.2, 0.25) is 0 Å². The van der Waals surface area contributed by atoms with Crippen LogP contribution in [0.5, 0.6) is 0 Å². The molecule has 0 atom stereocenters. The summed E-state index contributed by atoms with van der Waals surface area (Å²) in [6, 6.07) is 3.76. The number of rotatable bonds is 2. The van der Waals surface area contributed by atoms with Crippen LogP contribution in [0, 0.1) is 0 Å². The zero-order valence-corrected chi connectivity index (χ0v) is 9.48. The van der Waals surface area contributed by atoms with Crippen molar-refractivity contribution in [3.05, 3.63) is 29.6 Å². The molecule has 0 N–H and O–H groups in total. The van der Waals surface area contributed by atoms with Crippen molar-refractivity contribution in [3.8, 4) is 0 Å². The quantitative estimate of drug-likeness (QED) is 0.750. The second-order valence-electron chi connectivity index (χ2n) is 3.81. The van der Waals surface area contributed by atoms with E-state index in [9.17, 15) is 4.79 Å². The van der Waals surface area contributed by atoms with Crippen molar-refractivity contribution in [1.82, 2.24) is 9.88 Å². The molecule has 0 bridgehead atoms. The Hall–Kier alpha value is -1.42. The van der Waals surface area contributed by atoms with Crippen molar-refractivity contribution >= 4 is 5.91 Å². The van der Waals surface area contributed by atoms with E-state index < -0.39 is 0 Å². The number of amides is 1. The van der Waals surface area contributed by atoms with Crippen molar-refractivity contribution in [3.63, 3.8) is 0 Å². The number of carbonyl (C=O) groups excluding carboxylic acids is 1. The maximum Gasteiger partial charge on any atom is 0.272 e. The van der Waals surface area contributed by atoms with Gasteiger partial charge in [-0.15, -0.1) is 0 Å². The topological polar surface area (TPSA) is 42.4 Å². The molecule has 0 radical (unpaired) electrons. The van der Waals surface area contributed by atoms with Gasteiger partial charge in [-0.1, -0.05) is 13.0 Å². The average Bonchev–Trinajstić information content (AvgIpc) is 2.39. The minimum atomic E-state index is 0.00551. The van der Waals surface area contributed by atoms with Crippen molar-refractivity contribution in [2.24, 2.45) is 0 Å². The Morgan fingerprint density at radius 3 is 2.75 bits per heavy atom. The molecular weight excluding hydrogens is 204 g/mol. The highest BCUT2D eigenvalue weighted by Gasteiger charge is 2.19. The number of pyridine rings is 1. The molecule has 0 aliphatic carbocycles. The molecule has 0 aromatic carbocycles. The van der Waals surface area contributed by atoms with Gasteiger partial charge in [-0.2, -0.15) is 0 Å². The van der Waals surface area contributed by atoms with Crippen LogP contribution in [0.3, 0.4) is 0 Å². The third-order valence-electron chi connectivity index (χ3n) is 2.75. The first-order chi connectivity index (χ1) is 7.81. The molecular formula is C12H16N2O2. The van der Waals surface area contributed by atoms with E-state index in [0.717, 1.165) is 12.0 Å². The largest absolute Gasteiger partial charge is 0.378 e. The third-order valence-corrected chi connectivity index (χ3v) is 2.75. The first-order valence-electron chi connectivity index (χ1n) is 5.63. The normalized spacial score (nSPS) is 16.2. The van der Waals surface area contributed by atoms with Gasteiger partial charge in [-0.25, -0.2) is 0 Å². The van der Waals surface area contributed by atoms with Gasteiger partial charge < -0.3 is 9.64 Å². The maximum atomic E-state index is 12.0. The standard InChI is InChI=1S/C12H16N2O2/c1-2-10-3-4-11(13-9-10)12(15)14-5-7-16-8-6-14/h3-4,9H,2,5-8H2,1H3. The van der Waals surface area contributed by atoms with Crippen molar-refractivity contribution in [1.29, 1.82) is 0 Å². The minimum absolute atomic E-state index is 0.00551. The summed E-state index contributed by atoms with van der Waals surface area (Å²) >= 11 is 0. The van der Waals surface area contributed by atoms with E-state index in [1.54, 1.807) is 17.2 Å². The van der Waals surface area contributed by atoms with Crippen LogP contribution in [0.1, 0.15) is 23.0 Å². The van der Waals surface area contributed by atoms with Gasteiger partial charge in [-0.3, -0.25) is 9.78 Å². The molecule has 0 unspecified atom stereocenters. The highest BCUT2D eigenvalue weighted by atomic mass is 16.5. The summed E-state index contributed by atoms with van der Waals surface area (Å²) in [5.41, 5.74) is 1.68. The van der Waals surface area contributed by atoms with Crippen molar-refractivity contribution in [2.45, 2.75) is 13.3 Å². The summed E-state index contributed by atoms with van der Waals surface area (Å²) < 4.78 is 5.21. The molecule has 2 heterocycles. The number of nitrogens with zero attached hydrogens (tertiary/aromatic N) is 2. The predicted octanol–water partition coefficient (Wildman–Crippen LogP) is 1.12. The van der Waals surface area contributed by atoms with Crippen molar-refractivity contribution in [2.75, 3.05) is 26.3 Å². The fourth-order valence-electron chi connectivity index (χ4n) is 1.69. The first kappa shape index (κ1) is 11.1. The second-order valence-corrected chi connectivity index (χ2v) is 3.81. The second kappa shape index (κ2) is 5.07. The molecule has 2 rings (SSSR count). The van der Waals surface area contributed by atoms with E-state index in [1.165, 1.54) is 0 Å². The maximum absolute atomic E-state index is 12.0. The smallest absolute Gasteiger partial charge is 0.272 e. The molecule has 1 saturated heterocycles. The summed E-state index contributed by atoms with van der Waals surface area (Å²) in [5.74, 6) is 0.00551. The van der Waals surface area contributed by atoms with Gasteiger partial charge in [-0.05, 0) is 18.1 Å². The van der Waals surface area contributed by atoms with Crippen LogP contribution >= 0.6 is 0 Å². The zero-order chi connectivity index (χ0) is 11.4. The number of aryl methyl sites for hydroxylation is 1. The molecule has 16 heavy (non-hydrogen) atoms. The van der Waals surface area contributed by atoms with Crippen LogP contribution < -0.4 is 0 Å².